The fraction of sp³-hybridized carbons (Fsp3) is 0.867. The average molecular weight is 279 g/mol. The summed E-state index contributed by atoms with van der Waals surface area (Å²) in [5.74, 6) is -0.118. The van der Waals surface area contributed by atoms with Gasteiger partial charge in [0.25, 0.3) is 0 Å². The molecular formula is C15H25N3O2. The van der Waals surface area contributed by atoms with E-state index in [1.54, 1.807) is 0 Å². The predicted octanol–water partition coefficient (Wildman–Crippen LogP) is 1.30. The van der Waals surface area contributed by atoms with Crippen LogP contribution in [0.3, 0.4) is 0 Å². The van der Waals surface area contributed by atoms with Crippen LogP contribution in [-0.2, 0) is 9.53 Å². The highest BCUT2D eigenvalue weighted by Gasteiger charge is 2.40. The summed E-state index contributed by atoms with van der Waals surface area (Å²) in [7, 11) is 0. The van der Waals surface area contributed by atoms with Crippen molar-refractivity contribution in [1.29, 1.82) is 5.26 Å². The smallest absolute Gasteiger partial charge is 0.240 e. The molecule has 2 heterocycles. The Labute approximate surface area is 121 Å². The molecule has 0 radical (unpaired) electrons. The Balaban J connectivity index is 1.83. The third-order valence-electron chi connectivity index (χ3n) is 4.57. The topological polar surface area (TPSA) is 65.4 Å². The third-order valence-corrected chi connectivity index (χ3v) is 4.57. The van der Waals surface area contributed by atoms with Crippen LogP contribution in [0, 0.1) is 16.7 Å². The van der Waals surface area contributed by atoms with Gasteiger partial charge in [-0.3, -0.25) is 9.69 Å². The summed E-state index contributed by atoms with van der Waals surface area (Å²) < 4.78 is 5.26. The summed E-state index contributed by atoms with van der Waals surface area (Å²) in [6.45, 7) is 6.02. The molecule has 0 spiro atoms. The van der Waals surface area contributed by atoms with E-state index in [0.717, 1.165) is 13.1 Å². The van der Waals surface area contributed by atoms with E-state index >= 15 is 0 Å². The van der Waals surface area contributed by atoms with Crippen molar-refractivity contribution in [2.75, 3.05) is 32.8 Å². The van der Waals surface area contributed by atoms with Crippen molar-refractivity contribution in [3.8, 4) is 6.07 Å². The van der Waals surface area contributed by atoms with Crippen LogP contribution in [0.25, 0.3) is 0 Å². The first kappa shape index (κ1) is 15.3. The first-order valence-corrected chi connectivity index (χ1v) is 7.69. The maximum absolute atomic E-state index is 12.3. The zero-order chi connectivity index (χ0) is 14.4. The van der Waals surface area contributed by atoms with Gasteiger partial charge in [-0.2, -0.15) is 5.26 Å². The normalized spacial score (nSPS) is 24.6. The number of piperidine rings is 1. The van der Waals surface area contributed by atoms with E-state index in [2.05, 4.69) is 23.2 Å². The first-order chi connectivity index (χ1) is 9.68. The van der Waals surface area contributed by atoms with Gasteiger partial charge in [0.2, 0.25) is 5.91 Å². The van der Waals surface area contributed by atoms with E-state index in [4.69, 9.17) is 4.74 Å². The third kappa shape index (κ3) is 3.50. The number of hydrogen-bond acceptors (Lipinski definition) is 4. The maximum Gasteiger partial charge on any atom is 0.240 e. The van der Waals surface area contributed by atoms with Gasteiger partial charge in [-0.1, -0.05) is 6.42 Å². The van der Waals surface area contributed by atoms with Gasteiger partial charge in [-0.05, 0) is 45.7 Å². The minimum Gasteiger partial charge on any atom is -0.381 e. The molecule has 2 saturated heterocycles. The Bertz CT molecular complexity index is 366. The molecule has 20 heavy (non-hydrogen) atoms. The van der Waals surface area contributed by atoms with Crippen molar-refractivity contribution in [2.45, 2.75) is 45.1 Å². The first-order valence-electron chi connectivity index (χ1n) is 7.69. The monoisotopic (exact) mass is 279 g/mol. The molecule has 112 valence electrons. The lowest BCUT2D eigenvalue weighted by molar-refractivity contribution is -0.132. The molecule has 0 aromatic carbocycles. The number of amides is 1. The van der Waals surface area contributed by atoms with Gasteiger partial charge in [-0.25, -0.2) is 0 Å². The highest BCUT2D eigenvalue weighted by Crippen LogP contribution is 2.29. The number of ether oxygens (including phenoxy) is 1. The number of hydrogen-bond donors (Lipinski definition) is 1. The van der Waals surface area contributed by atoms with Gasteiger partial charge < -0.3 is 10.1 Å². The summed E-state index contributed by atoms with van der Waals surface area (Å²) in [5.41, 5.74) is -0.875. The molecule has 2 aliphatic rings. The molecule has 2 fully saturated rings. The van der Waals surface area contributed by atoms with Crippen molar-refractivity contribution >= 4 is 5.91 Å². The number of carbonyl (C=O) groups is 1. The zero-order valence-corrected chi connectivity index (χ0v) is 12.4. The van der Waals surface area contributed by atoms with E-state index in [9.17, 15) is 10.1 Å². The average Bonchev–Trinajstić information content (AvgIpc) is 2.53. The maximum atomic E-state index is 12.3. The van der Waals surface area contributed by atoms with Gasteiger partial charge in [-0.15, -0.1) is 0 Å². The van der Waals surface area contributed by atoms with E-state index in [0.29, 0.717) is 38.6 Å². The van der Waals surface area contributed by atoms with Gasteiger partial charge in [0.15, 0.2) is 0 Å². The summed E-state index contributed by atoms with van der Waals surface area (Å²) in [6, 6.07) is 2.56. The standard InChI is InChI=1S/C15H25N3O2/c1-13(18-7-3-2-4-8-18)11-17-14(19)15(12-16)5-9-20-10-6-15/h13H,2-11H2,1H3,(H,17,19). The molecule has 1 unspecified atom stereocenters. The Kier molecular flexibility index (Phi) is 5.38. The number of nitrogens with one attached hydrogen (secondary N) is 1. The van der Waals surface area contributed by atoms with Crippen molar-refractivity contribution in [2.24, 2.45) is 5.41 Å². The molecule has 2 rings (SSSR count). The molecular weight excluding hydrogens is 254 g/mol. The Morgan fingerprint density at radius 1 is 1.35 bits per heavy atom. The van der Waals surface area contributed by atoms with Crippen LogP contribution >= 0.6 is 0 Å². The van der Waals surface area contributed by atoms with Crippen LogP contribution in [0.15, 0.2) is 0 Å². The fourth-order valence-electron chi connectivity index (χ4n) is 3.01. The van der Waals surface area contributed by atoms with Gasteiger partial charge in [0.05, 0.1) is 6.07 Å². The largest absolute Gasteiger partial charge is 0.381 e. The highest BCUT2D eigenvalue weighted by molar-refractivity contribution is 5.85. The van der Waals surface area contributed by atoms with Crippen LogP contribution in [0.1, 0.15) is 39.0 Å². The lowest BCUT2D eigenvalue weighted by Crippen LogP contribution is -2.49. The van der Waals surface area contributed by atoms with E-state index in [-0.39, 0.29) is 5.91 Å². The Hall–Kier alpha value is -1.12. The minimum atomic E-state index is -0.875. The summed E-state index contributed by atoms with van der Waals surface area (Å²) in [6.07, 6.45) is 4.82. The van der Waals surface area contributed by atoms with E-state index in [1.165, 1.54) is 19.3 Å². The highest BCUT2D eigenvalue weighted by atomic mass is 16.5. The van der Waals surface area contributed by atoms with Crippen LogP contribution in [0.2, 0.25) is 0 Å². The summed E-state index contributed by atoms with van der Waals surface area (Å²) >= 11 is 0. The van der Waals surface area contributed by atoms with Crippen LogP contribution in [0.4, 0.5) is 0 Å². The zero-order valence-electron chi connectivity index (χ0n) is 12.4. The SMILES string of the molecule is CC(CNC(=O)C1(C#N)CCOCC1)N1CCCCC1. The van der Waals surface area contributed by atoms with Gasteiger partial charge >= 0.3 is 0 Å². The molecule has 0 aromatic heterocycles. The van der Waals surface area contributed by atoms with Crippen molar-refractivity contribution in [3.63, 3.8) is 0 Å². The van der Waals surface area contributed by atoms with E-state index in [1.807, 2.05) is 0 Å². The van der Waals surface area contributed by atoms with Gasteiger partial charge in [0, 0.05) is 25.8 Å². The van der Waals surface area contributed by atoms with Crippen molar-refractivity contribution in [3.05, 3.63) is 0 Å². The molecule has 0 aliphatic carbocycles. The molecule has 5 nitrogen and oxygen atoms in total. The number of nitrogens with zero attached hydrogens (tertiary/aromatic N) is 2. The molecule has 0 bridgehead atoms. The molecule has 2 aliphatic heterocycles. The second-order valence-electron chi connectivity index (χ2n) is 5.96. The lowest BCUT2D eigenvalue weighted by atomic mass is 9.81. The molecule has 1 atom stereocenters. The van der Waals surface area contributed by atoms with Crippen LogP contribution in [-0.4, -0.2) is 49.7 Å². The molecule has 5 heteroatoms. The number of likely N-dealkylation sites (tertiary alicyclic amines) is 1. The molecule has 0 saturated carbocycles. The second kappa shape index (κ2) is 7.05. The molecule has 0 aromatic rings. The number of rotatable bonds is 4. The van der Waals surface area contributed by atoms with Crippen molar-refractivity contribution < 1.29 is 9.53 Å². The Morgan fingerprint density at radius 2 is 2.00 bits per heavy atom. The summed E-state index contributed by atoms with van der Waals surface area (Å²) in [4.78, 5) is 14.8. The number of nitriles is 1. The Morgan fingerprint density at radius 3 is 2.60 bits per heavy atom. The molecule has 1 amide bonds. The quantitative estimate of drug-likeness (QED) is 0.842. The molecule has 1 N–H and O–H groups in total. The van der Waals surface area contributed by atoms with Gasteiger partial charge in [0.1, 0.15) is 5.41 Å². The summed E-state index contributed by atoms with van der Waals surface area (Å²) in [5, 5.41) is 12.3. The van der Waals surface area contributed by atoms with Crippen LogP contribution in [0.5, 0.6) is 0 Å². The lowest BCUT2D eigenvalue weighted by Gasteiger charge is -2.34. The minimum absolute atomic E-state index is 0.118. The van der Waals surface area contributed by atoms with E-state index < -0.39 is 5.41 Å². The fourth-order valence-corrected chi connectivity index (χ4v) is 3.01. The van der Waals surface area contributed by atoms with Crippen LogP contribution < -0.4 is 5.32 Å². The number of carbonyl (C=O) groups excluding carboxylic acids is 1. The second-order valence-corrected chi connectivity index (χ2v) is 5.96. The van der Waals surface area contributed by atoms with Crippen molar-refractivity contribution in [1.82, 2.24) is 10.2 Å². The predicted molar refractivity (Wildman–Crippen MR) is 76.0 cm³/mol.